The zero-order chi connectivity index (χ0) is 13.2. The Kier molecular flexibility index (Phi) is 3.50. The summed E-state index contributed by atoms with van der Waals surface area (Å²) in [6.07, 6.45) is 4.29. The number of amides is 1. The van der Waals surface area contributed by atoms with Crippen LogP contribution < -0.4 is 10.6 Å². The number of carbonyl (C=O) groups excluding carboxylic acids is 1. The van der Waals surface area contributed by atoms with Gasteiger partial charge in [-0.1, -0.05) is 13.8 Å². The summed E-state index contributed by atoms with van der Waals surface area (Å²) in [6, 6.07) is 0. The predicted octanol–water partition coefficient (Wildman–Crippen LogP) is 1.68. The Hall–Kier alpha value is -1.65. The molecule has 1 atom stereocenters. The third-order valence-corrected chi connectivity index (χ3v) is 3.45. The molecule has 1 fully saturated rings. The molecular weight excluding hydrogens is 228 g/mol. The van der Waals surface area contributed by atoms with Crippen molar-refractivity contribution in [3.8, 4) is 0 Å². The zero-order valence-corrected chi connectivity index (χ0v) is 11.2. The second kappa shape index (κ2) is 4.92. The average Bonchev–Trinajstić information content (AvgIpc) is 2.95. The molecule has 0 radical (unpaired) electrons. The van der Waals surface area contributed by atoms with Crippen molar-refractivity contribution < 1.29 is 4.79 Å². The van der Waals surface area contributed by atoms with E-state index in [9.17, 15) is 4.79 Å². The van der Waals surface area contributed by atoms with E-state index < -0.39 is 0 Å². The van der Waals surface area contributed by atoms with E-state index in [0.717, 1.165) is 13.1 Å². The molecule has 2 N–H and O–H groups in total. The molecule has 18 heavy (non-hydrogen) atoms. The Balaban J connectivity index is 1.90. The van der Waals surface area contributed by atoms with Gasteiger partial charge in [-0.3, -0.25) is 9.78 Å². The highest BCUT2D eigenvalue weighted by molar-refractivity contribution is 5.92. The Bertz CT molecular complexity index is 444. The number of nitrogens with one attached hydrogen (secondary N) is 2. The smallest absolute Gasteiger partial charge is 0.271 e. The van der Waals surface area contributed by atoms with Gasteiger partial charge in [0.05, 0.1) is 12.4 Å². The van der Waals surface area contributed by atoms with Crippen molar-refractivity contribution >= 4 is 11.7 Å². The number of carbonyl (C=O) groups is 1. The first kappa shape index (κ1) is 12.8. The number of aromatic nitrogens is 2. The molecule has 98 valence electrons. The van der Waals surface area contributed by atoms with E-state index in [1.165, 1.54) is 12.6 Å². The number of anilines is 1. The van der Waals surface area contributed by atoms with Crippen LogP contribution in [-0.4, -0.2) is 29.0 Å². The van der Waals surface area contributed by atoms with Crippen LogP contribution in [0.2, 0.25) is 0 Å². The summed E-state index contributed by atoms with van der Waals surface area (Å²) in [6.45, 7) is 7.89. The molecule has 1 aliphatic carbocycles. The first-order valence-electron chi connectivity index (χ1n) is 6.37. The molecule has 0 aromatic carbocycles. The van der Waals surface area contributed by atoms with E-state index in [4.69, 9.17) is 0 Å². The lowest BCUT2D eigenvalue weighted by Gasteiger charge is -2.07. The second-order valence-electron chi connectivity index (χ2n) is 5.42. The predicted molar refractivity (Wildman–Crippen MR) is 70.4 cm³/mol. The van der Waals surface area contributed by atoms with Crippen molar-refractivity contribution in [3.63, 3.8) is 0 Å². The Morgan fingerprint density at radius 3 is 2.83 bits per heavy atom. The Morgan fingerprint density at radius 1 is 1.50 bits per heavy atom. The number of hydrogen-bond donors (Lipinski definition) is 2. The minimum Gasteiger partial charge on any atom is -0.369 e. The third kappa shape index (κ3) is 2.97. The van der Waals surface area contributed by atoms with E-state index in [-0.39, 0.29) is 5.91 Å². The van der Waals surface area contributed by atoms with E-state index in [2.05, 4.69) is 34.4 Å². The monoisotopic (exact) mass is 248 g/mol. The molecule has 1 unspecified atom stereocenters. The SMILES string of the molecule is CCNc1cncc(C(=O)NCC2CC2(C)C)n1. The maximum Gasteiger partial charge on any atom is 0.271 e. The molecule has 1 aromatic heterocycles. The fourth-order valence-corrected chi connectivity index (χ4v) is 1.97. The Morgan fingerprint density at radius 2 is 2.22 bits per heavy atom. The molecule has 0 saturated heterocycles. The molecule has 0 bridgehead atoms. The van der Waals surface area contributed by atoms with Gasteiger partial charge in [-0.05, 0) is 24.7 Å². The minimum absolute atomic E-state index is 0.148. The Labute approximate surface area is 107 Å². The van der Waals surface area contributed by atoms with Crippen LogP contribution >= 0.6 is 0 Å². The van der Waals surface area contributed by atoms with Crippen LogP contribution in [0.25, 0.3) is 0 Å². The quantitative estimate of drug-likeness (QED) is 0.832. The molecule has 0 aliphatic heterocycles. The lowest BCUT2D eigenvalue weighted by atomic mass is 10.1. The summed E-state index contributed by atoms with van der Waals surface area (Å²) in [7, 11) is 0. The molecule has 1 heterocycles. The highest BCUT2D eigenvalue weighted by atomic mass is 16.1. The molecule has 2 rings (SSSR count). The van der Waals surface area contributed by atoms with Crippen LogP contribution in [-0.2, 0) is 0 Å². The highest BCUT2D eigenvalue weighted by Crippen LogP contribution is 2.50. The van der Waals surface area contributed by atoms with Crippen LogP contribution in [0.5, 0.6) is 0 Å². The maximum atomic E-state index is 11.9. The molecule has 5 heteroatoms. The fraction of sp³-hybridized carbons (Fsp3) is 0.615. The molecule has 1 aliphatic rings. The summed E-state index contributed by atoms with van der Waals surface area (Å²) in [5.41, 5.74) is 0.747. The van der Waals surface area contributed by atoms with Crippen molar-refractivity contribution in [1.29, 1.82) is 0 Å². The van der Waals surface area contributed by atoms with Crippen molar-refractivity contribution in [1.82, 2.24) is 15.3 Å². The molecule has 1 saturated carbocycles. The number of nitrogens with zero attached hydrogens (tertiary/aromatic N) is 2. The summed E-state index contributed by atoms with van der Waals surface area (Å²) >= 11 is 0. The number of rotatable bonds is 5. The zero-order valence-electron chi connectivity index (χ0n) is 11.2. The van der Waals surface area contributed by atoms with Crippen LogP contribution in [0.3, 0.4) is 0 Å². The van der Waals surface area contributed by atoms with Gasteiger partial charge >= 0.3 is 0 Å². The molecular formula is C13H20N4O. The summed E-state index contributed by atoms with van der Waals surface area (Å²) in [5.74, 6) is 1.08. The van der Waals surface area contributed by atoms with Crippen LogP contribution in [0.15, 0.2) is 12.4 Å². The first-order valence-corrected chi connectivity index (χ1v) is 6.37. The van der Waals surface area contributed by atoms with Gasteiger partial charge < -0.3 is 10.6 Å². The van der Waals surface area contributed by atoms with Crippen LogP contribution in [0.1, 0.15) is 37.7 Å². The topological polar surface area (TPSA) is 66.9 Å². The van der Waals surface area contributed by atoms with Gasteiger partial charge in [0.2, 0.25) is 0 Å². The van der Waals surface area contributed by atoms with E-state index >= 15 is 0 Å². The standard InChI is InChI=1S/C13H20N4O/c1-4-15-11-8-14-7-10(17-11)12(18)16-6-9-5-13(9,2)3/h7-9H,4-6H2,1-3H3,(H,15,17)(H,16,18). The summed E-state index contributed by atoms with van der Waals surface area (Å²) in [4.78, 5) is 20.1. The first-order chi connectivity index (χ1) is 8.53. The van der Waals surface area contributed by atoms with E-state index in [1.54, 1.807) is 6.20 Å². The largest absolute Gasteiger partial charge is 0.369 e. The summed E-state index contributed by atoms with van der Waals surface area (Å²) < 4.78 is 0. The average molecular weight is 248 g/mol. The van der Waals surface area contributed by atoms with Crippen molar-refractivity contribution in [2.24, 2.45) is 11.3 Å². The van der Waals surface area contributed by atoms with Gasteiger partial charge in [0.1, 0.15) is 11.5 Å². The van der Waals surface area contributed by atoms with Gasteiger partial charge in [-0.25, -0.2) is 4.98 Å². The fourth-order valence-electron chi connectivity index (χ4n) is 1.97. The molecule has 5 nitrogen and oxygen atoms in total. The molecule has 1 amide bonds. The van der Waals surface area contributed by atoms with Crippen molar-refractivity contribution in [3.05, 3.63) is 18.1 Å². The third-order valence-electron chi connectivity index (χ3n) is 3.45. The van der Waals surface area contributed by atoms with E-state index in [1.807, 2.05) is 6.92 Å². The normalized spacial score (nSPS) is 20.3. The minimum atomic E-state index is -0.148. The molecule has 0 spiro atoms. The van der Waals surface area contributed by atoms with Crippen molar-refractivity contribution in [2.75, 3.05) is 18.4 Å². The molecule has 1 aromatic rings. The van der Waals surface area contributed by atoms with Gasteiger partial charge in [-0.15, -0.1) is 0 Å². The summed E-state index contributed by atoms with van der Waals surface area (Å²) in [5, 5.41) is 5.96. The van der Waals surface area contributed by atoms with Crippen LogP contribution in [0, 0.1) is 11.3 Å². The maximum absolute atomic E-state index is 11.9. The number of hydrogen-bond acceptors (Lipinski definition) is 4. The van der Waals surface area contributed by atoms with Crippen molar-refractivity contribution in [2.45, 2.75) is 27.2 Å². The van der Waals surface area contributed by atoms with Gasteiger partial charge in [0.25, 0.3) is 5.91 Å². The van der Waals surface area contributed by atoms with Gasteiger partial charge in [-0.2, -0.15) is 0 Å². The van der Waals surface area contributed by atoms with Crippen LogP contribution in [0.4, 0.5) is 5.82 Å². The lowest BCUT2D eigenvalue weighted by Crippen LogP contribution is -2.27. The highest BCUT2D eigenvalue weighted by Gasteiger charge is 2.45. The van der Waals surface area contributed by atoms with Gasteiger partial charge in [0, 0.05) is 13.1 Å². The lowest BCUT2D eigenvalue weighted by molar-refractivity contribution is 0.0945. The van der Waals surface area contributed by atoms with Gasteiger partial charge in [0.15, 0.2) is 0 Å². The van der Waals surface area contributed by atoms with E-state index in [0.29, 0.717) is 22.8 Å². The second-order valence-corrected chi connectivity index (χ2v) is 5.42.